The predicted molar refractivity (Wildman–Crippen MR) is 98.1 cm³/mol. The Hall–Kier alpha value is -2.04. The van der Waals surface area contributed by atoms with Gasteiger partial charge in [0.2, 0.25) is 5.91 Å². The maximum atomic E-state index is 12.6. The number of rotatable bonds is 4. The molecule has 0 saturated carbocycles. The number of hydrogen-bond acceptors (Lipinski definition) is 2. The van der Waals surface area contributed by atoms with Crippen LogP contribution in [0, 0.1) is 18.8 Å². The van der Waals surface area contributed by atoms with E-state index in [1.807, 2.05) is 9.80 Å². The third kappa shape index (κ3) is 4.33. The first-order chi connectivity index (χ1) is 11.9. The predicted octanol–water partition coefficient (Wildman–Crippen LogP) is 2.74. The van der Waals surface area contributed by atoms with Crippen LogP contribution in [0.1, 0.15) is 31.4 Å². The Morgan fingerprint density at radius 1 is 1.04 bits per heavy atom. The maximum absolute atomic E-state index is 12.6. The largest absolute Gasteiger partial charge is 0.341 e. The zero-order valence-corrected chi connectivity index (χ0v) is 15.6. The van der Waals surface area contributed by atoms with Crippen LogP contribution in [0.4, 0.5) is 4.79 Å². The van der Waals surface area contributed by atoms with E-state index in [0.29, 0.717) is 31.5 Å². The van der Waals surface area contributed by atoms with Gasteiger partial charge in [-0.15, -0.1) is 0 Å². The van der Waals surface area contributed by atoms with E-state index in [1.54, 1.807) is 4.90 Å². The van der Waals surface area contributed by atoms with Gasteiger partial charge in [0.1, 0.15) is 6.54 Å². The Morgan fingerprint density at radius 2 is 1.64 bits per heavy atom. The van der Waals surface area contributed by atoms with Gasteiger partial charge >= 0.3 is 6.03 Å². The van der Waals surface area contributed by atoms with E-state index in [4.69, 9.17) is 0 Å². The molecule has 2 heterocycles. The van der Waals surface area contributed by atoms with Crippen molar-refractivity contribution >= 4 is 11.9 Å². The van der Waals surface area contributed by atoms with Crippen molar-refractivity contribution < 1.29 is 9.59 Å². The van der Waals surface area contributed by atoms with Gasteiger partial charge in [0.15, 0.2) is 0 Å². The molecule has 25 heavy (non-hydrogen) atoms. The first-order valence-electron chi connectivity index (χ1n) is 9.29. The molecule has 0 aliphatic carbocycles. The maximum Gasteiger partial charge on any atom is 0.320 e. The molecule has 2 saturated heterocycles. The van der Waals surface area contributed by atoms with E-state index in [-0.39, 0.29) is 18.5 Å². The molecule has 2 atom stereocenters. The summed E-state index contributed by atoms with van der Waals surface area (Å²) in [6, 6.07) is 8.23. The molecule has 5 heteroatoms. The van der Waals surface area contributed by atoms with Crippen molar-refractivity contribution in [3.8, 4) is 0 Å². The molecule has 0 radical (unpaired) electrons. The molecule has 3 amide bonds. The molecule has 0 aromatic heterocycles. The van der Waals surface area contributed by atoms with E-state index < -0.39 is 0 Å². The highest BCUT2D eigenvalue weighted by Crippen LogP contribution is 2.21. The van der Waals surface area contributed by atoms with E-state index in [1.165, 1.54) is 12.0 Å². The van der Waals surface area contributed by atoms with Crippen molar-refractivity contribution in [2.75, 3.05) is 32.7 Å². The summed E-state index contributed by atoms with van der Waals surface area (Å²) in [7, 11) is 0. The molecule has 1 aromatic rings. The van der Waals surface area contributed by atoms with E-state index >= 15 is 0 Å². The minimum Gasteiger partial charge on any atom is -0.341 e. The van der Waals surface area contributed by atoms with E-state index in [0.717, 1.165) is 18.7 Å². The summed E-state index contributed by atoms with van der Waals surface area (Å²) in [6.45, 7) is 10.2. The lowest BCUT2D eigenvalue weighted by atomic mass is 9.92. The van der Waals surface area contributed by atoms with Crippen LogP contribution in [-0.4, -0.2) is 59.4 Å². The summed E-state index contributed by atoms with van der Waals surface area (Å²) in [4.78, 5) is 30.7. The van der Waals surface area contributed by atoms with Crippen LogP contribution in [0.2, 0.25) is 0 Å². The molecule has 0 bridgehead atoms. The first-order valence-corrected chi connectivity index (χ1v) is 9.29. The van der Waals surface area contributed by atoms with Gasteiger partial charge in [-0.25, -0.2) is 4.79 Å². The normalized spacial score (nSPS) is 24.1. The number of amides is 3. The number of nitrogens with zero attached hydrogens (tertiary/aromatic N) is 3. The second kappa shape index (κ2) is 7.46. The second-order valence-corrected chi connectivity index (χ2v) is 7.86. The lowest BCUT2D eigenvalue weighted by Gasteiger charge is -2.35. The third-order valence-corrected chi connectivity index (χ3v) is 5.22. The molecular weight excluding hydrogens is 314 g/mol. The summed E-state index contributed by atoms with van der Waals surface area (Å²) in [6.07, 6.45) is 1.18. The van der Waals surface area contributed by atoms with Gasteiger partial charge in [0.05, 0.1) is 0 Å². The summed E-state index contributed by atoms with van der Waals surface area (Å²) in [5.74, 6) is 1.17. The Balaban J connectivity index is 1.54. The second-order valence-electron chi connectivity index (χ2n) is 7.86. The Morgan fingerprint density at radius 3 is 2.28 bits per heavy atom. The molecule has 2 unspecified atom stereocenters. The number of benzene rings is 1. The quantitative estimate of drug-likeness (QED) is 0.844. The van der Waals surface area contributed by atoms with E-state index in [9.17, 15) is 9.59 Å². The zero-order valence-electron chi connectivity index (χ0n) is 15.6. The number of urea groups is 1. The van der Waals surface area contributed by atoms with Gasteiger partial charge in [-0.1, -0.05) is 43.7 Å². The minimum absolute atomic E-state index is 0.0213. The van der Waals surface area contributed by atoms with Gasteiger partial charge in [-0.05, 0) is 30.7 Å². The third-order valence-electron chi connectivity index (χ3n) is 5.22. The fourth-order valence-electron chi connectivity index (χ4n) is 3.97. The Kier molecular flexibility index (Phi) is 5.30. The number of hydrogen-bond donors (Lipinski definition) is 0. The number of carbonyl (C=O) groups is 2. The number of aryl methyl sites for hydroxylation is 1. The molecule has 2 aliphatic heterocycles. The number of likely N-dealkylation sites (tertiary alicyclic amines) is 1. The molecule has 2 aliphatic rings. The highest BCUT2D eigenvalue weighted by atomic mass is 16.2. The monoisotopic (exact) mass is 343 g/mol. The summed E-state index contributed by atoms with van der Waals surface area (Å²) < 4.78 is 0. The number of carbonyl (C=O) groups excluding carboxylic acids is 2. The number of piperidine rings is 1. The minimum atomic E-state index is -0.0213. The molecule has 3 rings (SSSR count). The van der Waals surface area contributed by atoms with Crippen LogP contribution in [0.15, 0.2) is 24.3 Å². The molecule has 136 valence electrons. The zero-order chi connectivity index (χ0) is 18.0. The van der Waals surface area contributed by atoms with Crippen molar-refractivity contribution in [1.29, 1.82) is 0 Å². The highest BCUT2D eigenvalue weighted by Gasteiger charge is 2.32. The Bertz CT molecular complexity index is 618. The van der Waals surface area contributed by atoms with Gasteiger partial charge in [0.25, 0.3) is 0 Å². The standard InChI is InChI=1S/C20H29N3O2/c1-15-4-6-18(7-5-15)13-21-8-9-22(20(21)25)14-19(24)23-11-16(2)10-17(3)12-23/h4-7,16-17H,8-14H2,1-3H3. The van der Waals surface area contributed by atoms with Crippen molar-refractivity contribution in [2.24, 2.45) is 11.8 Å². The van der Waals surface area contributed by atoms with Crippen LogP contribution in [-0.2, 0) is 11.3 Å². The smallest absolute Gasteiger partial charge is 0.320 e. The molecular formula is C20H29N3O2. The van der Waals surface area contributed by atoms with Crippen LogP contribution in [0.25, 0.3) is 0 Å². The van der Waals surface area contributed by atoms with Gasteiger partial charge in [0, 0.05) is 32.7 Å². The average molecular weight is 343 g/mol. The molecule has 0 N–H and O–H groups in total. The van der Waals surface area contributed by atoms with Crippen LogP contribution in [0.3, 0.4) is 0 Å². The molecule has 1 aromatic carbocycles. The van der Waals surface area contributed by atoms with Gasteiger partial charge in [-0.2, -0.15) is 0 Å². The molecule has 0 spiro atoms. The highest BCUT2D eigenvalue weighted by molar-refractivity contribution is 5.85. The van der Waals surface area contributed by atoms with Crippen molar-refractivity contribution in [3.63, 3.8) is 0 Å². The van der Waals surface area contributed by atoms with Crippen molar-refractivity contribution in [1.82, 2.24) is 14.7 Å². The molecule has 2 fully saturated rings. The Labute approximate surface area is 150 Å². The van der Waals surface area contributed by atoms with E-state index in [2.05, 4.69) is 45.0 Å². The molecule has 5 nitrogen and oxygen atoms in total. The topological polar surface area (TPSA) is 43.9 Å². The van der Waals surface area contributed by atoms with Crippen LogP contribution >= 0.6 is 0 Å². The SMILES string of the molecule is Cc1ccc(CN2CCN(CC(=O)N3CC(C)CC(C)C3)C2=O)cc1. The summed E-state index contributed by atoms with van der Waals surface area (Å²) in [5.41, 5.74) is 2.35. The van der Waals surface area contributed by atoms with Gasteiger partial charge in [-0.3, -0.25) is 4.79 Å². The van der Waals surface area contributed by atoms with Crippen molar-refractivity contribution in [2.45, 2.75) is 33.7 Å². The average Bonchev–Trinajstić information content (AvgIpc) is 2.89. The summed E-state index contributed by atoms with van der Waals surface area (Å²) >= 11 is 0. The summed E-state index contributed by atoms with van der Waals surface area (Å²) in [5, 5.41) is 0. The fraction of sp³-hybridized carbons (Fsp3) is 0.600. The van der Waals surface area contributed by atoms with Crippen LogP contribution < -0.4 is 0 Å². The lowest BCUT2D eigenvalue weighted by Crippen LogP contribution is -2.47. The first kappa shape index (κ1) is 17.8. The fourth-order valence-corrected chi connectivity index (χ4v) is 3.97. The lowest BCUT2D eigenvalue weighted by molar-refractivity contribution is -0.134. The van der Waals surface area contributed by atoms with Crippen molar-refractivity contribution in [3.05, 3.63) is 35.4 Å². The van der Waals surface area contributed by atoms with Gasteiger partial charge < -0.3 is 14.7 Å². The van der Waals surface area contributed by atoms with Crippen LogP contribution in [0.5, 0.6) is 0 Å².